The molecule has 1 atom stereocenters. The number of benzene rings is 2. The van der Waals surface area contributed by atoms with Crippen LogP contribution >= 0.6 is 0 Å². The van der Waals surface area contributed by atoms with Crippen LogP contribution in [0.3, 0.4) is 0 Å². The maximum Gasteiger partial charge on any atom is 0.269 e. The predicted molar refractivity (Wildman–Crippen MR) is 109 cm³/mol. The highest BCUT2D eigenvalue weighted by molar-refractivity contribution is 7.90. The number of sulfonamides is 1. The molecule has 4 rings (SSSR count). The van der Waals surface area contributed by atoms with Crippen LogP contribution in [0.25, 0.3) is 0 Å². The summed E-state index contributed by atoms with van der Waals surface area (Å²) in [5, 5.41) is 3.41. The van der Waals surface area contributed by atoms with Crippen LogP contribution < -0.4 is 5.32 Å². The van der Waals surface area contributed by atoms with Gasteiger partial charge in [0.05, 0.1) is 5.56 Å². The molecule has 1 saturated heterocycles. The molecule has 0 aliphatic carbocycles. The Labute approximate surface area is 170 Å². The van der Waals surface area contributed by atoms with Gasteiger partial charge in [0.1, 0.15) is 4.90 Å². The molecule has 8 heteroatoms. The lowest BCUT2D eigenvalue weighted by Crippen LogP contribution is -2.36. The minimum atomic E-state index is -3.93. The number of likely N-dealkylation sites (tertiary alicyclic amines) is 1. The molecule has 29 heavy (non-hydrogen) atoms. The summed E-state index contributed by atoms with van der Waals surface area (Å²) >= 11 is 0. The van der Waals surface area contributed by atoms with Crippen molar-refractivity contribution in [3.05, 3.63) is 59.7 Å². The Morgan fingerprint density at radius 3 is 2.55 bits per heavy atom. The van der Waals surface area contributed by atoms with E-state index in [-0.39, 0.29) is 28.0 Å². The Morgan fingerprint density at radius 1 is 1.14 bits per heavy atom. The number of rotatable bonds is 4. The van der Waals surface area contributed by atoms with Crippen molar-refractivity contribution >= 4 is 27.5 Å². The first-order valence-corrected chi connectivity index (χ1v) is 11.1. The predicted octanol–water partition coefficient (Wildman–Crippen LogP) is 2.57. The van der Waals surface area contributed by atoms with E-state index >= 15 is 0 Å². The molecule has 152 valence electrons. The molecule has 0 saturated carbocycles. The van der Waals surface area contributed by atoms with Gasteiger partial charge in [-0.25, -0.2) is 12.7 Å². The first-order valence-electron chi connectivity index (χ1n) is 9.62. The normalized spacial score (nSPS) is 20.2. The number of hydrogen-bond acceptors (Lipinski definition) is 5. The number of carbonyl (C=O) groups is 2. The Morgan fingerprint density at radius 2 is 1.86 bits per heavy atom. The minimum absolute atomic E-state index is 0.0831. The van der Waals surface area contributed by atoms with Crippen molar-refractivity contribution in [3.63, 3.8) is 0 Å². The van der Waals surface area contributed by atoms with E-state index in [0.717, 1.165) is 16.4 Å². The third kappa shape index (κ3) is 3.37. The van der Waals surface area contributed by atoms with Gasteiger partial charge in [0.15, 0.2) is 0 Å². The lowest BCUT2D eigenvalue weighted by atomic mass is 10.1. The van der Waals surface area contributed by atoms with Crippen LogP contribution in [0.2, 0.25) is 0 Å². The molecule has 2 amide bonds. The summed E-state index contributed by atoms with van der Waals surface area (Å²) < 4.78 is 26.4. The van der Waals surface area contributed by atoms with Crippen molar-refractivity contribution < 1.29 is 18.0 Å². The van der Waals surface area contributed by atoms with E-state index in [1.807, 2.05) is 30.3 Å². The highest BCUT2D eigenvalue weighted by Gasteiger charge is 2.43. The Hall–Kier alpha value is -2.87. The Bertz CT molecular complexity index is 1070. The summed E-state index contributed by atoms with van der Waals surface area (Å²) in [6.45, 7) is 4.42. The molecule has 2 aliphatic heterocycles. The summed E-state index contributed by atoms with van der Waals surface area (Å²) in [5.41, 5.74) is 1.41. The van der Waals surface area contributed by atoms with E-state index in [1.54, 1.807) is 18.7 Å². The number of amides is 2. The minimum Gasteiger partial charge on any atom is -0.380 e. The number of nitrogens with one attached hydrogen (secondary N) is 1. The van der Waals surface area contributed by atoms with Gasteiger partial charge in [-0.2, -0.15) is 0 Å². The first kappa shape index (κ1) is 19.4. The second-order valence-corrected chi connectivity index (χ2v) is 9.44. The zero-order valence-electron chi connectivity index (χ0n) is 16.3. The molecule has 2 aromatic carbocycles. The molecule has 2 aromatic rings. The van der Waals surface area contributed by atoms with Gasteiger partial charge in [0.25, 0.3) is 21.8 Å². The molecule has 2 heterocycles. The number of para-hydroxylation sites is 1. The molecule has 0 radical (unpaired) electrons. The first-order chi connectivity index (χ1) is 13.8. The van der Waals surface area contributed by atoms with E-state index in [2.05, 4.69) is 5.32 Å². The lowest BCUT2D eigenvalue weighted by Gasteiger charge is -2.19. The van der Waals surface area contributed by atoms with Gasteiger partial charge >= 0.3 is 0 Å². The van der Waals surface area contributed by atoms with E-state index < -0.39 is 22.0 Å². The molecular formula is C21H23N3O4S. The molecular weight excluding hydrogens is 390 g/mol. The van der Waals surface area contributed by atoms with Gasteiger partial charge in [0.2, 0.25) is 0 Å². The van der Waals surface area contributed by atoms with Crippen molar-refractivity contribution in [1.29, 1.82) is 0 Å². The van der Waals surface area contributed by atoms with Crippen LogP contribution in [0, 0.1) is 0 Å². The quantitative estimate of drug-likeness (QED) is 0.833. The number of nitrogens with zero attached hydrogens (tertiary/aromatic N) is 2. The molecule has 0 bridgehead atoms. The standard InChI is InChI=1S/C21H23N3O4S/c1-14(2)24-21(26)18-9-8-15(12-19(18)29(24,27)28)20(25)23-11-10-17(13-23)22-16-6-4-3-5-7-16/h3-9,12,14,17,22H,10-11,13H2,1-2H3. The fourth-order valence-electron chi connectivity index (χ4n) is 3.91. The molecule has 1 unspecified atom stereocenters. The lowest BCUT2D eigenvalue weighted by molar-refractivity contribution is 0.0789. The highest BCUT2D eigenvalue weighted by Crippen LogP contribution is 2.33. The van der Waals surface area contributed by atoms with Gasteiger partial charge < -0.3 is 10.2 Å². The van der Waals surface area contributed by atoms with Gasteiger partial charge in [-0.1, -0.05) is 18.2 Å². The van der Waals surface area contributed by atoms with Crippen LogP contribution in [0.5, 0.6) is 0 Å². The van der Waals surface area contributed by atoms with Crippen molar-refractivity contribution in [2.75, 3.05) is 18.4 Å². The Balaban J connectivity index is 1.53. The second-order valence-electron chi connectivity index (χ2n) is 7.66. The largest absolute Gasteiger partial charge is 0.380 e. The third-order valence-corrected chi connectivity index (χ3v) is 7.28. The fraction of sp³-hybridized carbons (Fsp3) is 0.333. The molecule has 0 aromatic heterocycles. The number of fused-ring (bicyclic) bond motifs is 1. The number of carbonyl (C=O) groups excluding carboxylic acids is 2. The summed E-state index contributed by atoms with van der Waals surface area (Å²) in [6.07, 6.45) is 0.809. The van der Waals surface area contributed by atoms with E-state index in [4.69, 9.17) is 0 Å². The van der Waals surface area contributed by atoms with Crippen LogP contribution in [0.15, 0.2) is 53.4 Å². The molecule has 1 fully saturated rings. The van der Waals surface area contributed by atoms with Crippen molar-refractivity contribution in [3.8, 4) is 0 Å². The van der Waals surface area contributed by atoms with Gasteiger partial charge in [-0.15, -0.1) is 0 Å². The van der Waals surface area contributed by atoms with E-state index in [1.165, 1.54) is 18.2 Å². The third-order valence-electron chi connectivity index (χ3n) is 5.29. The molecule has 0 spiro atoms. The average Bonchev–Trinajstić information content (AvgIpc) is 3.22. The van der Waals surface area contributed by atoms with Crippen molar-refractivity contribution in [2.45, 2.75) is 37.2 Å². The summed E-state index contributed by atoms with van der Waals surface area (Å²) in [7, 11) is -3.93. The van der Waals surface area contributed by atoms with E-state index in [9.17, 15) is 18.0 Å². The van der Waals surface area contributed by atoms with Crippen LogP contribution in [-0.4, -0.2) is 54.6 Å². The van der Waals surface area contributed by atoms with Crippen LogP contribution in [0.4, 0.5) is 5.69 Å². The van der Waals surface area contributed by atoms with Crippen molar-refractivity contribution in [2.24, 2.45) is 0 Å². The number of hydrogen-bond donors (Lipinski definition) is 1. The van der Waals surface area contributed by atoms with Gasteiger partial charge in [-0.05, 0) is 50.6 Å². The molecule has 2 aliphatic rings. The van der Waals surface area contributed by atoms with Crippen LogP contribution in [-0.2, 0) is 10.0 Å². The Kier molecular flexibility index (Phi) is 4.82. The summed E-state index contributed by atoms with van der Waals surface area (Å²) in [4.78, 5) is 27.0. The number of anilines is 1. The summed E-state index contributed by atoms with van der Waals surface area (Å²) in [6, 6.07) is 13.8. The van der Waals surface area contributed by atoms with Crippen LogP contribution in [0.1, 0.15) is 41.0 Å². The second kappa shape index (κ2) is 7.18. The average molecular weight is 413 g/mol. The highest BCUT2D eigenvalue weighted by atomic mass is 32.2. The van der Waals surface area contributed by atoms with Gasteiger partial charge in [0, 0.05) is 36.4 Å². The van der Waals surface area contributed by atoms with E-state index in [0.29, 0.717) is 13.1 Å². The SMILES string of the molecule is CC(C)N1C(=O)c2ccc(C(=O)N3CCC(Nc4ccccc4)C3)cc2S1(=O)=O. The topological polar surface area (TPSA) is 86.8 Å². The zero-order valence-corrected chi connectivity index (χ0v) is 17.1. The fourth-order valence-corrected chi connectivity index (χ4v) is 5.70. The monoisotopic (exact) mass is 413 g/mol. The maximum absolute atomic E-state index is 13.0. The smallest absolute Gasteiger partial charge is 0.269 e. The zero-order chi connectivity index (χ0) is 20.8. The summed E-state index contributed by atoms with van der Waals surface area (Å²) in [5.74, 6) is -0.766. The molecule has 1 N–H and O–H groups in total. The van der Waals surface area contributed by atoms with Gasteiger partial charge in [-0.3, -0.25) is 9.59 Å². The van der Waals surface area contributed by atoms with Crippen molar-refractivity contribution in [1.82, 2.24) is 9.21 Å². The maximum atomic E-state index is 13.0. The molecule has 7 nitrogen and oxygen atoms in total.